The Balaban J connectivity index is 1.76. The van der Waals surface area contributed by atoms with Gasteiger partial charge >= 0.3 is 0 Å². The van der Waals surface area contributed by atoms with Gasteiger partial charge in [0, 0.05) is 28.2 Å². The van der Waals surface area contributed by atoms with Crippen molar-refractivity contribution in [2.45, 2.75) is 51.2 Å². The van der Waals surface area contributed by atoms with E-state index in [-0.39, 0.29) is 31.0 Å². The van der Waals surface area contributed by atoms with Crippen LogP contribution >= 0.6 is 23.2 Å². The lowest BCUT2D eigenvalue weighted by Gasteiger charge is -2.30. The summed E-state index contributed by atoms with van der Waals surface area (Å²) >= 11 is 12.6. The van der Waals surface area contributed by atoms with E-state index < -0.39 is 6.04 Å². The summed E-state index contributed by atoms with van der Waals surface area (Å²) in [4.78, 5) is 27.4. The summed E-state index contributed by atoms with van der Waals surface area (Å²) in [6.45, 7) is 1.65. The van der Waals surface area contributed by atoms with Crippen molar-refractivity contribution in [2.24, 2.45) is 0 Å². The fourth-order valence-corrected chi connectivity index (χ4v) is 4.09. The summed E-state index contributed by atoms with van der Waals surface area (Å²) in [7, 11) is 0. The van der Waals surface area contributed by atoms with E-state index in [1.165, 1.54) is 4.90 Å². The van der Waals surface area contributed by atoms with Gasteiger partial charge in [0.15, 0.2) is 6.61 Å². The van der Waals surface area contributed by atoms with Gasteiger partial charge < -0.3 is 15.0 Å². The van der Waals surface area contributed by atoms with Crippen molar-refractivity contribution in [3.63, 3.8) is 0 Å². The maximum atomic E-state index is 13.1. The molecule has 2 amide bonds. The number of nitrogens with zero attached hydrogens (tertiary/aromatic N) is 1. The van der Waals surface area contributed by atoms with Crippen molar-refractivity contribution >= 4 is 35.0 Å². The highest BCUT2D eigenvalue weighted by Gasteiger charge is 2.29. The largest absolute Gasteiger partial charge is 0.484 e. The lowest BCUT2D eigenvalue weighted by Crippen LogP contribution is -2.50. The van der Waals surface area contributed by atoms with E-state index in [2.05, 4.69) is 5.32 Å². The highest BCUT2D eigenvalue weighted by atomic mass is 35.5. The molecule has 1 N–H and O–H groups in total. The first-order chi connectivity index (χ1) is 14.5. The van der Waals surface area contributed by atoms with Crippen LogP contribution in [0.2, 0.25) is 10.0 Å². The molecule has 0 heterocycles. The lowest BCUT2D eigenvalue weighted by atomic mass is 10.1. The predicted octanol–water partition coefficient (Wildman–Crippen LogP) is 4.85. The summed E-state index contributed by atoms with van der Waals surface area (Å²) in [5.41, 5.74) is 0.606. The van der Waals surface area contributed by atoms with Crippen LogP contribution in [0.25, 0.3) is 0 Å². The minimum Gasteiger partial charge on any atom is -0.484 e. The van der Waals surface area contributed by atoms with Crippen molar-refractivity contribution in [1.82, 2.24) is 10.2 Å². The molecule has 0 spiro atoms. The molecular formula is C23H26Cl2N2O3. The van der Waals surface area contributed by atoms with Crippen molar-refractivity contribution in [3.8, 4) is 5.75 Å². The number of hydrogen-bond acceptors (Lipinski definition) is 3. The van der Waals surface area contributed by atoms with Crippen LogP contribution in [0.5, 0.6) is 5.75 Å². The van der Waals surface area contributed by atoms with E-state index in [0.717, 1.165) is 25.7 Å². The number of para-hydroxylation sites is 1. The molecule has 1 aliphatic rings. The highest BCUT2D eigenvalue weighted by Crippen LogP contribution is 2.27. The topological polar surface area (TPSA) is 58.6 Å². The molecule has 0 bridgehead atoms. The normalized spacial score (nSPS) is 14.9. The fraction of sp³-hybridized carbons (Fsp3) is 0.391. The molecule has 2 aromatic carbocycles. The van der Waals surface area contributed by atoms with E-state index >= 15 is 0 Å². The van der Waals surface area contributed by atoms with E-state index in [1.807, 2.05) is 18.2 Å². The first-order valence-corrected chi connectivity index (χ1v) is 10.9. The van der Waals surface area contributed by atoms with Gasteiger partial charge in [-0.15, -0.1) is 0 Å². The van der Waals surface area contributed by atoms with Gasteiger partial charge in [-0.2, -0.15) is 0 Å². The molecule has 1 saturated carbocycles. The minimum atomic E-state index is -0.690. The van der Waals surface area contributed by atoms with Gasteiger partial charge in [-0.3, -0.25) is 9.59 Å². The third-order valence-electron chi connectivity index (χ3n) is 5.36. The second-order valence-corrected chi connectivity index (χ2v) is 8.30. The maximum absolute atomic E-state index is 13.1. The van der Waals surface area contributed by atoms with Gasteiger partial charge in [0.2, 0.25) is 5.91 Å². The predicted molar refractivity (Wildman–Crippen MR) is 119 cm³/mol. The number of amides is 2. The van der Waals surface area contributed by atoms with E-state index in [4.69, 9.17) is 27.9 Å². The van der Waals surface area contributed by atoms with E-state index in [0.29, 0.717) is 21.4 Å². The van der Waals surface area contributed by atoms with Gasteiger partial charge in [0.05, 0.1) is 0 Å². The van der Waals surface area contributed by atoms with Crippen LogP contribution in [0.3, 0.4) is 0 Å². The SMILES string of the molecule is C[C@H](C(=O)NC1CCCC1)N(Cc1c(Cl)cccc1Cl)C(=O)COc1ccccc1. The van der Waals surface area contributed by atoms with Crippen molar-refractivity contribution in [3.05, 3.63) is 64.1 Å². The van der Waals surface area contributed by atoms with Gasteiger partial charge in [0.25, 0.3) is 5.91 Å². The monoisotopic (exact) mass is 448 g/mol. The zero-order chi connectivity index (χ0) is 21.5. The Bertz CT molecular complexity index is 850. The number of carbonyl (C=O) groups is 2. The number of benzene rings is 2. The van der Waals surface area contributed by atoms with E-state index in [9.17, 15) is 9.59 Å². The summed E-state index contributed by atoms with van der Waals surface area (Å²) in [6.07, 6.45) is 4.17. The Hall–Kier alpha value is -2.24. The van der Waals surface area contributed by atoms with Crippen LogP contribution in [0, 0.1) is 0 Å². The molecule has 1 fully saturated rings. The molecule has 30 heavy (non-hydrogen) atoms. The molecule has 7 heteroatoms. The highest BCUT2D eigenvalue weighted by molar-refractivity contribution is 6.36. The quantitative estimate of drug-likeness (QED) is 0.627. The van der Waals surface area contributed by atoms with Gasteiger partial charge in [-0.25, -0.2) is 0 Å². The second-order valence-electron chi connectivity index (χ2n) is 7.49. The van der Waals surface area contributed by atoms with Gasteiger partial charge in [-0.05, 0) is 44.0 Å². The fourth-order valence-electron chi connectivity index (χ4n) is 3.57. The molecule has 0 aromatic heterocycles. The van der Waals surface area contributed by atoms with Crippen molar-refractivity contribution in [1.29, 1.82) is 0 Å². The zero-order valence-electron chi connectivity index (χ0n) is 16.9. The molecule has 0 unspecified atom stereocenters. The van der Waals surface area contributed by atoms with Crippen LogP contribution in [0.4, 0.5) is 0 Å². The number of nitrogens with one attached hydrogen (secondary N) is 1. The number of hydrogen-bond donors (Lipinski definition) is 1. The lowest BCUT2D eigenvalue weighted by molar-refractivity contribution is -0.142. The molecule has 1 aliphatic carbocycles. The van der Waals surface area contributed by atoms with Gasteiger partial charge in [0.1, 0.15) is 11.8 Å². The minimum absolute atomic E-state index is 0.120. The average molecular weight is 449 g/mol. The summed E-state index contributed by atoms with van der Waals surface area (Å²) in [5, 5.41) is 3.97. The van der Waals surface area contributed by atoms with Crippen molar-refractivity contribution < 1.29 is 14.3 Å². The van der Waals surface area contributed by atoms with Crippen molar-refractivity contribution in [2.75, 3.05) is 6.61 Å². The Morgan fingerprint density at radius 3 is 2.33 bits per heavy atom. The Morgan fingerprint density at radius 1 is 1.07 bits per heavy atom. The second kappa shape index (κ2) is 10.7. The third-order valence-corrected chi connectivity index (χ3v) is 6.07. The van der Waals surface area contributed by atoms with Gasteiger partial charge in [-0.1, -0.05) is 60.3 Å². The third kappa shape index (κ3) is 5.89. The summed E-state index contributed by atoms with van der Waals surface area (Å²) in [6, 6.07) is 13.7. The molecule has 3 rings (SSSR count). The molecule has 0 aliphatic heterocycles. The smallest absolute Gasteiger partial charge is 0.261 e. The maximum Gasteiger partial charge on any atom is 0.261 e. The van der Waals surface area contributed by atoms with E-state index in [1.54, 1.807) is 37.3 Å². The Labute approximate surface area is 187 Å². The molecule has 2 aromatic rings. The first-order valence-electron chi connectivity index (χ1n) is 10.2. The number of carbonyl (C=O) groups excluding carboxylic acids is 2. The average Bonchev–Trinajstić information content (AvgIpc) is 3.25. The standard InChI is InChI=1S/C23H26Cl2N2O3/c1-16(23(29)26-17-8-5-6-9-17)27(14-19-20(24)12-7-13-21(19)25)22(28)15-30-18-10-3-2-4-11-18/h2-4,7,10-13,16-17H,5-6,8-9,14-15H2,1H3,(H,26,29)/t16-/m1/s1. The van der Waals surface area contributed by atoms with Crippen LogP contribution in [-0.4, -0.2) is 35.4 Å². The first kappa shape index (κ1) is 22.4. The molecule has 0 radical (unpaired) electrons. The molecule has 1 atom stereocenters. The molecular weight excluding hydrogens is 423 g/mol. The molecule has 0 saturated heterocycles. The van der Waals surface area contributed by atoms with Crippen LogP contribution in [-0.2, 0) is 16.1 Å². The summed E-state index contributed by atoms with van der Waals surface area (Å²) < 4.78 is 5.62. The number of ether oxygens (including phenoxy) is 1. The van der Waals surface area contributed by atoms with Crippen LogP contribution in [0.1, 0.15) is 38.2 Å². The van der Waals surface area contributed by atoms with Crippen LogP contribution in [0.15, 0.2) is 48.5 Å². The number of halogens is 2. The number of rotatable bonds is 8. The Kier molecular flexibility index (Phi) is 8.00. The van der Waals surface area contributed by atoms with Crippen LogP contribution < -0.4 is 10.1 Å². The Morgan fingerprint density at radius 2 is 1.70 bits per heavy atom. The molecule has 160 valence electrons. The summed E-state index contributed by atoms with van der Waals surface area (Å²) in [5.74, 6) is 0.0895. The zero-order valence-corrected chi connectivity index (χ0v) is 18.5. The molecule has 5 nitrogen and oxygen atoms in total.